The number of nitrogens with one attached hydrogen (secondary N) is 2. The fourth-order valence-corrected chi connectivity index (χ4v) is 4.93. The van der Waals surface area contributed by atoms with Gasteiger partial charge in [0.1, 0.15) is 5.54 Å². The topological polar surface area (TPSA) is 126 Å². The van der Waals surface area contributed by atoms with Gasteiger partial charge in [-0.3, -0.25) is 14.6 Å². The molecule has 4 rings (SSSR count). The third-order valence-corrected chi connectivity index (χ3v) is 7.23. The van der Waals surface area contributed by atoms with Crippen LogP contribution in [0.5, 0.6) is 0 Å². The van der Waals surface area contributed by atoms with Gasteiger partial charge in [-0.25, -0.2) is 18.1 Å². The van der Waals surface area contributed by atoms with Crippen LogP contribution in [0, 0.1) is 0 Å². The van der Waals surface area contributed by atoms with Gasteiger partial charge in [-0.05, 0) is 48.4 Å². The molecule has 2 heterocycles. The SMILES string of the molecule is CC(=O)NC1(Cc2ccncc2)CC12NC(=O)N(c1ccc(S(=O)(=O)C(F)(F)F)cc1)C2=O. The van der Waals surface area contributed by atoms with Crippen LogP contribution in [0.25, 0.3) is 0 Å². The van der Waals surface area contributed by atoms with Gasteiger partial charge in [-0.15, -0.1) is 0 Å². The third kappa shape index (κ3) is 3.52. The van der Waals surface area contributed by atoms with Gasteiger partial charge in [0, 0.05) is 25.7 Å². The highest BCUT2D eigenvalue weighted by molar-refractivity contribution is 7.92. The van der Waals surface area contributed by atoms with Crippen molar-refractivity contribution in [1.82, 2.24) is 15.6 Å². The van der Waals surface area contributed by atoms with E-state index in [1.54, 1.807) is 24.5 Å². The maximum absolute atomic E-state index is 13.3. The molecule has 1 aromatic carbocycles. The Morgan fingerprint density at radius 1 is 1.15 bits per heavy atom. The zero-order valence-electron chi connectivity index (χ0n) is 17.0. The van der Waals surface area contributed by atoms with Gasteiger partial charge < -0.3 is 10.6 Å². The van der Waals surface area contributed by atoms with Gasteiger partial charge in [0.05, 0.1) is 16.1 Å². The molecule has 0 radical (unpaired) electrons. The molecule has 174 valence electrons. The predicted molar refractivity (Wildman–Crippen MR) is 108 cm³/mol. The Labute approximate surface area is 185 Å². The van der Waals surface area contributed by atoms with Crippen LogP contribution in [0.1, 0.15) is 18.9 Å². The Morgan fingerprint density at radius 2 is 1.76 bits per heavy atom. The molecular formula is C20H17F3N4O5S. The van der Waals surface area contributed by atoms with E-state index in [2.05, 4.69) is 15.6 Å². The summed E-state index contributed by atoms with van der Waals surface area (Å²) < 4.78 is 61.4. The number of imide groups is 1. The summed E-state index contributed by atoms with van der Waals surface area (Å²) in [6.07, 6.45) is 3.41. The highest BCUT2D eigenvalue weighted by Gasteiger charge is 2.77. The summed E-state index contributed by atoms with van der Waals surface area (Å²) >= 11 is 0. The first-order valence-electron chi connectivity index (χ1n) is 9.59. The van der Waals surface area contributed by atoms with Crippen molar-refractivity contribution in [3.05, 3.63) is 54.4 Å². The largest absolute Gasteiger partial charge is 0.501 e. The zero-order chi connectivity index (χ0) is 24.2. The second-order valence-electron chi connectivity index (χ2n) is 7.89. The number of carbonyl (C=O) groups excluding carboxylic acids is 3. The van der Waals surface area contributed by atoms with Crippen LogP contribution in [-0.4, -0.2) is 47.8 Å². The molecule has 1 aromatic heterocycles. The minimum atomic E-state index is -5.58. The van der Waals surface area contributed by atoms with Crippen molar-refractivity contribution in [2.75, 3.05) is 4.90 Å². The Kier molecular flexibility index (Phi) is 5.00. The number of nitrogens with zero attached hydrogens (tertiary/aromatic N) is 2. The lowest BCUT2D eigenvalue weighted by Gasteiger charge is -2.22. The van der Waals surface area contributed by atoms with E-state index in [1.165, 1.54) is 6.92 Å². The highest BCUT2D eigenvalue weighted by atomic mass is 32.2. The molecule has 4 amide bonds. The molecule has 2 aliphatic rings. The zero-order valence-corrected chi connectivity index (χ0v) is 17.8. The normalized spacial score (nSPS) is 24.7. The average Bonchev–Trinajstić information content (AvgIpc) is 3.24. The molecule has 1 aliphatic heterocycles. The lowest BCUT2D eigenvalue weighted by molar-refractivity contribution is -0.121. The Balaban J connectivity index is 1.64. The molecule has 1 spiro atoms. The number of alkyl halides is 3. The summed E-state index contributed by atoms with van der Waals surface area (Å²) in [5, 5.41) is 5.35. The van der Waals surface area contributed by atoms with E-state index in [4.69, 9.17) is 0 Å². The number of sulfone groups is 1. The van der Waals surface area contributed by atoms with E-state index in [9.17, 15) is 36.0 Å². The Bertz CT molecular complexity index is 1250. The lowest BCUT2D eigenvalue weighted by atomic mass is 9.99. The first-order chi connectivity index (χ1) is 15.3. The number of benzene rings is 1. The van der Waals surface area contributed by atoms with Gasteiger partial charge in [0.15, 0.2) is 0 Å². The number of hydrogen-bond acceptors (Lipinski definition) is 6. The molecule has 2 fully saturated rings. The van der Waals surface area contributed by atoms with Gasteiger partial charge >= 0.3 is 11.5 Å². The van der Waals surface area contributed by atoms with Gasteiger partial charge in [-0.2, -0.15) is 13.2 Å². The molecular weight excluding hydrogens is 465 g/mol. The first kappa shape index (κ1) is 22.7. The van der Waals surface area contributed by atoms with Crippen LogP contribution in [0.15, 0.2) is 53.7 Å². The molecule has 9 nitrogen and oxygen atoms in total. The molecule has 0 bridgehead atoms. The minimum absolute atomic E-state index is 0.101. The monoisotopic (exact) mass is 482 g/mol. The number of anilines is 1. The number of pyridine rings is 1. The second-order valence-corrected chi connectivity index (χ2v) is 9.83. The molecule has 2 aromatic rings. The summed E-state index contributed by atoms with van der Waals surface area (Å²) in [7, 11) is -5.58. The van der Waals surface area contributed by atoms with Gasteiger partial charge in [0.25, 0.3) is 15.7 Å². The lowest BCUT2D eigenvalue weighted by Crippen LogP contribution is -2.51. The average molecular weight is 482 g/mol. The van der Waals surface area contributed by atoms with Crippen LogP contribution in [0.3, 0.4) is 0 Å². The molecule has 1 saturated heterocycles. The molecule has 13 heteroatoms. The molecule has 1 saturated carbocycles. The van der Waals surface area contributed by atoms with Crippen molar-refractivity contribution in [3.8, 4) is 0 Å². The van der Waals surface area contributed by atoms with Crippen LogP contribution in [0.2, 0.25) is 0 Å². The van der Waals surface area contributed by atoms with E-state index in [-0.39, 0.29) is 18.5 Å². The van der Waals surface area contributed by atoms with E-state index in [1.807, 2.05) is 0 Å². The predicted octanol–water partition coefficient (Wildman–Crippen LogP) is 1.69. The minimum Gasteiger partial charge on any atom is -0.348 e. The number of amides is 4. The number of rotatable bonds is 5. The maximum Gasteiger partial charge on any atom is 0.501 e. The molecule has 2 unspecified atom stereocenters. The van der Waals surface area contributed by atoms with Crippen molar-refractivity contribution in [1.29, 1.82) is 0 Å². The van der Waals surface area contributed by atoms with Crippen LogP contribution in [-0.2, 0) is 25.8 Å². The fraction of sp³-hybridized carbons (Fsp3) is 0.300. The standard InChI is InChI=1S/C20H17F3N4O5S/c1-12(28)25-18(10-13-6-8-24-9-7-13)11-19(18)16(29)27(17(30)26-19)14-2-4-15(5-3-14)33(31,32)20(21,22)23/h2-9H,10-11H2,1H3,(H,25,28)(H,26,30). The maximum atomic E-state index is 13.3. The molecule has 2 atom stereocenters. The molecule has 33 heavy (non-hydrogen) atoms. The summed E-state index contributed by atoms with van der Waals surface area (Å²) in [4.78, 5) is 41.5. The smallest absolute Gasteiger partial charge is 0.348 e. The first-order valence-corrected chi connectivity index (χ1v) is 11.1. The second kappa shape index (κ2) is 7.27. The number of aromatic nitrogens is 1. The third-order valence-electron chi connectivity index (χ3n) is 5.73. The van der Waals surface area contributed by atoms with Crippen molar-refractivity contribution in [2.45, 2.75) is 41.2 Å². The van der Waals surface area contributed by atoms with Crippen LogP contribution in [0.4, 0.5) is 23.7 Å². The van der Waals surface area contributed by atoms with Gasteiger partial charge in [-0.1, -0.05) is 0 Å². The van der Waals surface area contributed by atoms with E-state index in [0.717, 1.165) is 22.6 Å². The van der Waals surface area contributed by atoms with Gasteiger partial charge in [0.2, 0.25) is 5.91 Å². The number of carbonyl (C=O) groups is 3. The molecule has 1 aliphatic carbocycles. The van der Waals surface area contributed by atoms with Crippen molar-refractivity contribution < 1.29 is 36.0 Å². The van der Waals surface area contributed by atoms with E-state index in [0.29, 0.717) is 12.1 Å². The number of urea groups is 1. The number of halogens is 3. The summed E-state index contributed by atoms with van der Waals surface area (Å²) in [6.45, 7) is 1.28. The summed E-state index contributed by atoms with van der Waals surface area (Å²) in [6, 6.07) is 5.81. The molecule has 2 N–H and O–H groups in total. The fourth-order valence-electron chi connectivity index (χ4n) is 4.16. The number of hydrogen-bond donors (Lipinski definition) is 2. The van der Waals surface area contributed by atoms with Crippen molar-refractivity contribution in [2.24, 2.45) is 0 Å². The van der Waals surface area contributed by atoms with E-state index < -0.39 is 49.2 Å². The quantitative estimate of drug-likeness (QED) is 0.625. The summed E-state index contributed by atoms with van der Waals surface area (Å²) in [5.74, 6) is -1.12. The van der Waals surface area contributed by atoms with Crippen LogP contribution >= 0.6 is 0 Å². The Hall–Kier alpha value is -3.48. The highest BCUT2D eigenvalue weighted by Crippen LogP contribution is 2.54. The van der Waals surface area contributed by atoms with Crippen molar-refractivity contribution in [3.63, 3.8) is 0 Å². The van der Waals surface area contributed by atoms with E-state index >= 15 is 0 Å². The summed E-state index contributed by atoms with van der Waals surface area (Å²) in [5.41, 5.74) is -7.39. The Morgan fingerprint density at radius 3 is 2.30 bits per heavy atom. The van der Waals surface area contributed by atoms with Crippen molar-refractivity contribution >= 4 is 33.4 Å². The van der Waals surface area contributed by atoms with Crippen LogP contribution < -0.4 is 15.5 Å².